The van der Waals surface area contributed by atoms with Crippen LogP contribution in [0.3, 0.4) is 0 Å². The molecule has 24 heavy (non-hydrogen) atoms. The van der Waals surface area contributed by atoms with Crippen molar-refractivity contribution in [3.05, 3.63) is 12.4 Å². The van der Waals surface area contributed by atoms with Gasteiger partial charge in [-0.2, -0.15) is 4.52 Å². The van der Waals surface area contributed by atoms with Gasteiger partial charge in [-0.05, 0) is 10.4 Å². The fourth-order valence-electron chi connectivity index (χ4n) is 3.33. The van der Waals surface area contributed by atoms with Crippen LogP contribution in [-0.2, 0) is 9.59 Å². The van der Waals surface area contributed by atoms with Gasteiger partial charge < -0.3 is 14.7 Å². The summed E-state index contributed by atoms with van der Waals surface area (Å²) in [5, 5.41) is 11.5. The number of aromatic nitrogens is 5. The highest BCUT2D eigenvalue weighted by Gasteiger charge is 2.43. The fourth-order valence-corrected chi connectivity index (χ4v) is 3.33. The molecule has 126 valence electrons. The van der Waals surface area contributed by atoms with E-state index in [1.165, 1.54) is 0 Å². The van der Waals surface area contributed by atoms with Crippen LogP contribution in [0.2, 0.25) is 0 Å². The summed E-state index contributed by atoms with van der Waals surface area (Å²) in [5.41, 5.74) is 0.601. The normalized spacial score (nSPS) is 21.4. The lowest BCUT2D eigenvalue weighted by Crippen LogP contribution is -2.60. The summed E-state index contributed by atoms with van der Waals surface area (Å²) in [6, 6.07) is 0.107. The molecule has 2 aliphatic rings. The molecule has 4 rings (SSSR count). The first kappa shape index (κ1) is 14.8. The summed E-state index contributed by atoms with van der Waals surface area (Å²) in [6.07, 6.45) is 3.64. The summed E-state index contributed by atoms with van der Waals surface area (Å²) >= 11 is 0. The monoisotopic (exact) mass is 330 g/mol. The van der Waals surface area contributed by atoms with Crippen LogP contribution >= 0.6 is 0 Å². The number of hydrogen-bond donors (Lipinski definition) is 0. The molecular formula is C14H18N8O2. The maximum Gasteiger partial charge on any atom is 0.227 e. The minimum Gasteiger partial charge on any atom is -0.349 e. The van der Waals surface area contributed by atoms with Gasteiger partial charge in [0.25, 0.3) is 0 Å². The van der Waals surface area contributed by atoms with E-state index in [2.05, 4.69) is 20.5 Å². The molecule has 2 aromatic rings. The molecule has 0 saturated carbocycles. The molecule has 0 spiro atoms. The van der Waals surface area contributed by atoms with Crippen LogP contribution in [0, 0.1) is 5.92 Å². The zero-order chi connectivity index (χ0) is 16.8. The SMILES string of the molecule is CN(C)C(=O)C1CC(=O)N(C2CN(c3nccn4nnnc34)C2)C1. The van der Waals surface area contributed by atoms with Gasteiger partial charge in [-0.15, -0.1) is 5.10 Å². The highest BCUT2D eigenvalue weighted by molar-refractivity contribution is 5.89. The topological polar surface area (TPSA) is 99.8 Å². The smallest absolute Gasteiger partial charge is 0.227 e. The van der Waals surface area contributed by atoms with Gasteiger partial charge in [-0.1, -0.05) is 0 Å². The number of likely N-dealkylation sites (tertiary alicyclic amines) is 1. The van der Waals surface area contributed by atoms with Crippen LogP contribution in [0.4, 0.5) is 5.82 Å². The lowest BCUT2D eigenvalue weighted by molar-refractivity contribution is -0.133. The van der Waals surface area contributed by atoms with E-state index in [1.54, 1.807) is 35.9 Å². The van der Waals surface area contributed by atoms with E-state index in [9.17, 15) is 9.59 Å². The Morgan fingerprint density at radius 3 is 2.83 bits per heavy atom. The van der Waals surface area contributed by atoms with E-state index in [1.807, 2.05) is 9.80 Å². The Kier molecular flexibility index (Phi) is 3.32. The molecule has 0 bridgehead atoms. The third-order valence-corrected chi connectivity index (χ3v) is 4.65. The molecule has 0 aliphatic carbocycles. The zero-order valence-corrected chi connectivity index (χ0v) is 13.5. The van der Waals surface area contributed by atoms with E-state index in [4.69, 9.17) is 0 Å². The van der Waals surface area contributed by atoms with Crippen molar-refractivity contribution >= 4 is 23.3 Å². The van der Waals surface area contributed by atoms with Gasteiger partial charge in [0, 0.05) is 46.3 Å². The Morgan fingerprint density at radius 1 is 1.29 bits per heavy atom. The second-order valence-electron chi connectivity index (χ2n) is 6.44. The minimum atomic E-state index is -0.233. The van der Waals surface area contributed by atoms with E-state index in [-0.39, 0.29) is 23.8 Å². The highest BCUT2D eigenvalue weighted by Crippen LogP contribution is 2.29. The van der Waals surface area contributed by atoms with Gasteiger partial charge in [0.15, 0.2) is 5.82 Å². The number of hydrogen-bond acceptors (Lipinski definition) is 7. The molecule has 0 radical (unpaired) electrons. The average molecular weight is 330 g/mol. The Labute approximate surface area is 138 Å². The maximum absolute atomic E-state index is 12.2. The maximum atomic E-state index is 12.2. The summed E-state index contributed by atoms with van der Waals surface area (Å²) in [5.74, 6) is 0.549. The Hall–Kier alpha value is -2.78. The van der Waals surface area contributed by atoms with Gasteiger partial charge in [0.1, 0.15) is 0 Å². The third-order valence-electron chi connectivity index (χ3n) is 4.65. The first-order valence-corrected chi connectivity index (χ1v) is 7.83. The largest absolute Gasteiger partial charge is 0.349 e. The van der Waals surface area contributed by atoms with E-state index in [0.29, 0.717) is 37.5 Å². The van der Waals surface area contributed by atoms with Gasteiger partial charge in [0.2, 0.25) is 17.5 Å². The first-order chi connectivity index (χ1) is 11.5. The number of anilines is 1. The molecule has 2 fully saturated rings. The van der Waals surface area contributed by atoms with Crippen molar-refractivity contribution in [2.24, 2.45) is 5.92 Å². The Morgan fingerprint density at radius 2 is 2.08 bits per heavy atom. The van der Waals surface area contributed by atoms with Gasteiger partial charge >= 0.3 is 0 Å². The Balaban J connectivity index is 1.43. The predicted molar refractivity (Wildman–Crippen MR) is 83.1 cm³/mol. The van der Waals surface area contributed by atoms with Crippen molar-refractivity contribution in [1.82, 2.24) is 34.8 Å². The third kappa shape index (κ3) is 2.25. The van der Waals surface area contributed by atoms with Gasteiger partial charge in [-0.3, -0.25) is 9.59 Å². The second-order valence-corrected chi connectivity index (χ2v) is 6.44. The quantitative estimate of drug-likeness (QED) is 0.685. The standard InChI is InChI=1S/C14H18N8O2/c1-19(2)14(24)9-5-11(23)21(6-9)10-7-20(8-10)12-13-16-17-18-22(13)4-3-15-12/h3-4,9-10H,5-8H2,1-2H3. The minimum absolute atomic E-state index is 0.0167. The molecule has 2 saturated heterocycles. The number of amides is 2. The van der Waals surface area contributed by atoms with Crippen LogP contribution in [0.5, 0.6) is 0 Å². The molecule has 2 aliphatic heterocycles. The van der Waals surface area contributed by atoms with Gasteiger partial charge in [0.05, 0.1) is 18.2 Å². The highest BCUT2D eigenvalue weighted by atomic mass is 16.2. The van der Waals surface area contributed by atoms with Crippen LogP contribution in [0.15, 0.2) is 12.4 Å². The number of tetrazole rings is 1. The molecule has 0 N–H and O–H groups in total. The number of nitrogens with zero attached hydrogens (tertiary/aromatic N) is 8. The summed E-state index contributed by atoms with van der Waals surface area (Å²) in [7, 11) is 3.44. The number of carbonyl (C=O) groups is 2. The molecule has 1 atom stereocenters. The lowest BCUT2D eigenvalue weighted by atomic mass is 10.1. The van der Waals surface area contributed by atoms with Crippen molar-refractivity contribution in [3.8, 4) is 0 Å². The second kappa shape index (κ2) is 5.39. The van der Waals surface area contributed by atoms with E-state index >= 15 is 0 Å². The van der Waals surface area contributed by atoms with Gasteiger partial charge in [-0.25, -0.2) is 4.98 Å². The van der Waals surface area contributed by atoms with E-state index in [0.717, 1.165) is 0 Å². The van der Waals surface area contributed by atoms with Crippen molar-refractivity contribution in [3.63, 3.8) is 0 Å². The molecule has 2 aromatic heterocycles. The number of fused-ring (bicyclic) bond motifs is 1. The van der Waals surface area contributed by atoms with Crippen LogP contribution < -0.4 is 4.90 Å². The van der Waals surface area contributed by atoms with Crippen LogP contribution in [0.25, 0.3) is 5.65 Å². The van der Waals surface area contributed by atoms with Crippen molar-refractivity contribution < 1.29 is 9.59 Å². The molecule has 0 aromatic carbocycles. The number of rotatable bonds is 3. The summed E-state index contributed by atoms with van der Waals surface area (Å²) in [4.78, 5) is 34.1. The van der Waals surface area contributed by atoms with Crippen molar-refractivity contribution in [2.75, 3.05) is 38.6 Å². The predicted octanol–water partition coefficient (Wildman–Crippen LogP) is -1.36. The zero-order valence-electron chi connectivity index (χ0n) is 13.5. The molecule has 10 heteroatoms. The molecule has 10 nitrogen and oxygen atoms in total. The first-order valence-electron chi connectivity index (χ1n) is 7.83. The molecule has 1 unspecified atom stereocenters. The van der Waals surface area contributed by atoms with Crippen LogP contribution in [0.1, 0.15) is 6.42 Å². The van der Waals surface area contributed by atoms with Crippen LogP contribution in [-0.4, -0.2) is 86.4 Å². The summed E-state index contributed by atoms with van der Waals surface area (Å²) in [6.45, 7) is 1.85. The fraction of sp³-hybridized carbons (Fsp3) is 0.571. The molecular weight excluding hydrogens is 312 g/mol. The average Bonchev–Trinajstić information content (AvgIpc) is 3.12. The Bertz CT molecular complexity index is 797. The lowest BCUT2D eigenvalue weighted by Gasteiger charge is -2.44. The summed E-state index contributed by atoms with van der Waals surface area (Å²) < 4.78 is 1.57. The van der Waals surface area contributed by atoms with Crippen molar-refractivity contribution in [1.29, 1.82) is 0 Å². The number of carbonyl (C=O) groups excluding carboxylic acids is 2. The molecule has 2 amide bonds. The van der Waals surface area contributed by atoms with Crippen molar-refractivity contribution in [2.45, 2.75) is 12.5 Å². The van der Waals surface area contributed by atoms with E-state index < -0.39 is 0 Å². The molecule has 4 heterocycles.